The van der Waals surface area contributed by atoms with E-state index < -0.39 is 0 Å². The number of halogens is 1. The molecular formula is C20H32IN3OS. The summed E-state index contributed by atoms with van der Waals surface area (Å²) < 4.78 is 6.13. The second-order valence-electron chi connectivity index (χ2n) is 6.88. The normalized spacial score (nSPS) is 26.9. The Labute approximate surface area is 179 Å². The number of nitrogens with one attached hydrogen (secondary N) is 1. The van der Waals surface area contributed by atoms with Crippen LogP contribution in [0.3, 0.4) is 0 Å². The van der Waals surface area contributed by atoms with Gasteiger partial charge in [-0.15, -0.1) is 24.0 Å². The molecule has 3 atom stereocenters. The van der Waals surface area contributed by atoms with Gasteiger partial charge in [-0.3, -0.25) is 4.99 Å². The molecule has 0 radical (unpaired) electrons. The van der Waals surface area contributed by atoms with Gasteiger partial charge in [0, 0.05) is 50.2 Å². The Bertz CT molecular complexity index is 557. The molecule has 0 aliphatic carbocycles. The molecule has 1 aromatic rings. The molecule has 2 aliphatic rings. The Hall–Kier alpha value is -0.470. The Morgan fingerprint density at radius 3 is 2.88 bits per heavy atom. The van der Waals surface area contributed by atoms with Gasteiger partial charge in [-0.25, -0.2) is 0 Å². The first-order chi connectivity index (χ1) is 12.3. The van der Waals surface area contributed by atoms with Gasteiger partial charge in [0.05, 0.1) is 6.10 Å². The van der Waals surface area contributed by atoms with E-state index in [-0.39, 0.29) is 30.1 Å². The van der Waals surface area contributed by atoms with Crippen molar-refractivity contribution in [3.8, 4) is 0 Å². The molecule has 0 amide bonds. The van der Waals surface area contributed by atoms with E-state index in [0.717, 1.165) is 43.9 Å². The largest absolute Gasteiger partial charge is 0.373 e. The van der Waals surface area contributed by atoms with Crippen LogP contribution in [0.25, 0.3) is 0 Å². The summed E-state index contributed by atoms with van der Waals surface area (Å²) >= 11 is 2.09. The molecule has 3 unspecified atom stereocenters. The number of ether oxygens (including phenoxy) is 1. The van der Waals surface area contributed by atoms with Crippen LogP contribution < -0.4 is 5.32 Å². The maximum atomic E-state index is 6.13. The Morgan fingerprint density at radius 2 is 2.15 bits per heavy atom. The molecule has 0 spiro atoms. The molecule has 6 heteroatoms. The summed E-state index contributed by atoms with van der Waals surface area (Å²) in [4.78, 5) is 6.97. The highest BCUT2D eigenvalue weighted by molar-refractivity contribution is 14.0. The summed E-state index contributed by atoms with van der Waals surface area (Å²) in [7, 11) is 1.90. The molecule has 146 valence electrons. The lowest BCUT2D eigenvalue weighted by Gasteiger charge is -2.36. The molecule has 26 heavy (non-hydrogen) atoms. The zero-order valence-electron chi connectivity index (χ0n) is 15.9. The van der Waals surface area contributed by atoms with Crippen LogP contribution in [-0.2, 0) is 4.74 Å². The maximum absolute atomic E-state index is 6.13. The van der Waals surface area contributed by atoms with Crippen molar-refractivity contribution < 1.29 is 4.74 Å². The number of guanidine groups is 1. The minimum absolute atomic E-state index is 0. The number of benzene rings is 1. The van der Waals surface area contributed by atoms with Crippen molar-refractivity contribution in [2.75, 3.05) is 39.0 Å². The lowest BCUT2D eigenvalue weighted by molar-refractivity contribution is -0.0266. The van der Waals surface area contributed by atoms with E-state index in [0.29, 0.717) is 5.92 Å². The third kappa shape index (κ3) is 5.76. The van der Waals surface area contributed by atoms with E-state index in [1.54, 1.807) is 0 Å². The number of hydrogen-bond donors (Lipinski definition) is 1. The quantitative estimate of drug-likeness (QED) is 0.391. The summed E-state index contributed by atoms with van der Waals surface area (Å²) in [5, 5.41) is 4.36. The van der Waals surface area contributed by atoms with Gasteiger partial charge >= 0.3 is 0 Å². The van der Waals surface area contributed by atoms with Crippen molar-refractivity contribution in [3.63, 3.8) is 0 Å². The third-order valence-electron chi connectivity index (χ3n) is 5.20. The van der Waals surface area contributed by atoms with Crippen LogP contribution in [0.1, 0.15) is 37.9 Å². The molecule has 0 saturated carbocycles. The molecule has 2 heterocycles. The van der Waals surface area contributed by atoms with Crippen molar-refractivity contribution in [1.82, 2.24) is 10.2 Å². The standard InChI is InChI=1S/C20H31N3OS.HI/c1-3-18-15-23(11-13-25-18)20(21-2)22-14-17-10-7-12-24-19(17)16-8-5-4-6-9-16;/h4-6,8-9,17-19H,3,7,10-15H2,1-2H3,(H,21,22);1H. The van der Waals surface area contributed by atoms with Crippen LogP contribution in [-0.4, -0.2) is 55.2 Å². The van der Waals surface area contributed by atoms with Gasteiger partial charge in [0.1, 0.15) is 0 Å². The van der Waals surface area contributed by atoms with E-state index in [4.69, 9.17) is 4.74 Å². The number of rotatable bonds is 4. The van der Waals surface area contributed by atoms with Gasteiger partial charge in [-0.2, -0.15) is 11.8 Å². The summed E-state index contributed by atoms with van der Waals surface area (Å²) in [6.07, 6.45) is 3.77. The predicted octanol–water partition coefficient (Wildman–Crippen LogP) is 4.18. The maximum Gasteiger partial charge on any atom is 0.193 e. The average molecular weight is 489 g/mol. The van der Waals surface area contributed by atoms with Crippen molar-refractivity contribution in [1.29, 1.82) is 0 Å². The first-order valence-electron chi connectivity index (χ1n) is 9.55. The highest BCUT2D eigenvalue weighted by Gasteiger charge is 2.28. The lowest BCUT2D eigenvalue weighted by Crippen LogP contribution is -2.49. The van der Waals surface area contributed by atoms with Gasteiger partial charge < -0.3 is 15.0 Å². The molecular weight excluding hydrogens is 457 g/mol. The van der Waals surface area contributed by atoms with Gasteiger partial charge in [-0.1, -0.05) is 37.3 Å². The topological polar surface area (TPSA) is 36.9 Å². The molecule has 4 nitrogen and oxygen atoms in total. The molecule has 2 saturated heterocycles. The number of nitrogens with zero attached hydrogens (tertiary/aromatic N) is 2. The number of thioether (sulfide) groups is 1. The van der Waals surface area contributed by atoms with Crippen molar-refractivity contribution >= 4 is 41.7 Å². The first kappa shape index (κ1) is 21.8. The third-order valence-corrected chi connectivity index (χ3v) is 6.57. The number of hydrogen-bond acceptors (Lipinski definition) is 3. The van der Waals surface area contributed by atoms with Gasteiger partial charge in [-0.05, 0) is 24.8 Å². The van der Waals surface area contributed by atoms with Crippen LogP contribution in [0.2, 0.25) is 0 Å². The molecule has 0 aromatic heterocycles. The molecule has 2 fully saturated rings. The molecule has 1 N–H and O–H groups in total. The monoisotopic (exact) mass is 489 g/mol. The van der Waals surface area contributed by atoms with Crippen molar-refractivity contribution in [3.05, 3.63) is 35.9 Å². The fraction of sp³-hybridized carbons (Fsp3) is 0.650. The Morgan fingerprint density at radius 1 is 1.35 bits per heavy atom. The highest BCUT2D eigenvalue weighted by Crippen LogP contribution is 2.33. The van der Waals surface area contributed by atoms with Crippen LogP contribution in [0, 0.1) is 5.92 Å². The highest BCUT2D eigenvalue weighted by atomic mass is 127. The molecule has 0 bridgehead atoms. The van der Waals surface area contributed by atoms with Gasteiger partial charge in [0.15, 0.2) is 5.96 Å². The minimum Gasteiger partial charge on any atom is -0.373 e. The summed E-state index contributed by atoms with van der Waals surface area (Å²) in [6, 6.07) is 10.6. The smallest absolute Gasteiger partial charge is 0.193 e. The zero-order valence-corrected chi connectivity index (χ0v) is 19.0. The Kier molecular flexibility index (Phi) is 9.56. The molecule has 1 aromatic carbocycles. The fourth-order valence-corrected chi connectivity index (χ4v) is 4.96. The van der Waals surface area contributed by atoms with Gasteiger partial charge in [0.25, 0.3) is 0 Å². The van der Waals surface area contributed by atoms with Crippen molar-refractivity contribution in [2.24, 2.45) is 10.9 Å². The van der Waals surface area contributed by atoms with Gasteiger partial charge in [0.2, 0.25) is 0 Å². The zero-order chi connectivity index (χ0) is 17.5. The number of aliphatic imine (C=N–C) groups is 1. The molecule has 2 aliphatic heterocycles. The fourth-order valence-electron chi connectivity index (χ4n) is 3.78. The van der Waals surface area contributed by atoms with E-state index in [1.165, 1.54) is 24.2 Å². The summed E-state index contributed by atoms with van der Waals surface area (Å²) in [6.45, 7) is 6.26. The average Bonchev–Trinajstić information content (AvgIpc) is 2.69. The van der Waals surface area contributed by atoms with Crippen LogP contribution in [0.5, 0.6) is 0 Å². The lowest BCUT2D eigenvalue weighted by atomic mass is 9.89. The predicted molar refractivity (Wildman–Crippen MR) is 123 cm³/mol. The first-order valence-corrected chi connectivity index (χ1v) is 10.6. The van der Waals surface area contributed by atoms with Crippen molar-refractivity contribution in [2.45, 2.75) is 37.5 Å². The Balaban J connectivity index is 0.00000243. The van der Waals surface area contributed by atoms with Crippen LogP contribution >= 0.6 is 35.7 Å². The SMILES string of the molecule is CCC1CN(C(=NC)NCC2CCCOC2c2ccccc2)CCS1.I. The summed E-state index contributed by atoms with van der Waals surface area (Å²) in [5.74, 6) is 2.74. The summed E-state index contributed by atoms with van der Waals surface area (Å²) in [5.41, 5.74) is 1.30. The van der Waals surface area contributed by atoms with E-state index >= 15 is 0 Å². The van der Waals surface area contributed by atoms with E-state index in [1.807, 2.05) is 7.05 Å². The van der Waals surface area contributed by atoms with E-state index in [2.05, 4.69) is 64.2 Å². The van der Waals surface area contributed by atoms with Crippen LogP contribution in [0.4, 0.5) is 0 Å². The second-order valence-corrected chi connectivity index (χ2v) is 8.29. The van der Waals surface area contributed by atoms with E-state index in [9.17, 15) is 0 Å². The van der Waals surface area contributed by atoms with Crippen LogP contribution in [0.15, 0.2) is 35.3 Å². The minimum atomic E-state index is 0. The molecule has 3 rings (SSSR count). The second kappa shape index (κ2) is 11.4.